The third kappa shape index (κ3) is 3.14. The Morgan fingerprint density at radius 1 is 1.29 bits per heavy atom. The Balaban J connectivity index is 2.07. The Labute approximate surface area is 102 Å². The van der Waals surface area contributed by atoms with E-state index in [0.29, 0.717) is 6.04 Å². The first-order chi connectivity index (χ1) is 8.15. The fourth-order valence-electron chi connectivity index (χ4n) is 1.52. The van der Waals surface area contributed by atoms with Gasteiger partial charge in [0.1, 0.15) is 0 Å². The van der Waals surface area contributed by atoms with E-state index in [2.05, 4.69) is 35.3 Å². The van der Waals surface area contributed by atoms with E-state index in [1.807, 2.05) is 31.6 Å². The van der Waals surface area contributed by atoms with Crippen LogP contribution in [0.25, 0.3) is 5.82 Å². The van der Waals surface area contributed by atoms with Gasteiger partial charge >= 0.3 is 0 Å². The van der Waals surface area contributed by atoms with Gasteiger partial charge in [0.05, 0.1) is 6.20 Å². The molecule has 0 amide bonds. The van der Waals surface area contributed by atoms with Crippen molar-refractivity contribution in [2.75, 3.05) is 0 Å². The molecule has 2 rings (SSSR count). The molecule has 0 aliphatic carbocycles. The fraction of sp³-hybridized carbons (Fsp3) is 0.385. The molecule has 90 valence electrons. The van der Waals surface area contributed by atoms with Gasteiger partial charge in [-0.3, -0.25) is 0 Å². The summed E-state index contributed by atoms with van der Waals surface area (Å²) < 4.78 is 1.79. The highest BCUT2D eigenvalue weighted by Crippen LogP contribution is 2.06. The Morgan fingerprint density at radius 3 is 2.65 bits per heavy atom. The maximum atomic E-state index is 4.40. The molecule has 17 heavy (non-hydrogen) atoms. The molecule has 0 radical (unpaired) electrons. The van der Waals surface area contributed by atoms with Crippen LogP contribution in [0, 0.1) is 6.92 Å². The Morgan fingerprint density at radius 2 is 2.12 bits per heavy atom. The molecule has 0 aliphatic heterocycles. The molecule has 0 spiro atoms. The topological polar surface area (TPSA) is 42.7 Å². The summed E-state index contributed by atoms with van der Waals surface area (Å²) in [6.07, 6.45) is 5.69. The fourth-order valence-corrected chi connectivity index (χ4v) is 1.52. The van der Waals surface area contributed by atoms with Gasteiger partial charge in [0.25, 0.3) is 0 Å². The maximum Gasteiger partial charge on any atom is 0.153 e. The largest absolute Gasteiger partial charge is 0.310 e. The minimum absolute atomic E-state index is 0.489. The van der Waals surface area contributed by atoms with Crippen molar-refractivity contribution in [1.82, 2.24) is 20.1 Å². The summed E-state index contributed by atoms with van der Waals surface area (Å²) in [4.78, 5) is 4.40. The smallest absolute Gasteiger partial charge is 0.153 e. The predicted molar refractivity (Wildman–Crippen MR) is 68.1 cm³/mol. The lowest BCUT2D eigenvalue weighted by Gasteiger charge is -2.08. The number of rotatable bonds is 4. The number of aryl methyl sites for hydroxylation is 1. The minimum Gasteiger partial charge on any atom is -0.310 e. The molecule has 0 bridgehead atoms. The van der Waals surface area contributed by atoms with Crippen LogP contribution in [0.3, 0.4) is 0 Å². The summed E-state index contributed by atoms with van der Waals surface area (Å²) >= 11 is 0. The summed E-state index contributed by atoms with van der Waals surface area (Å²) in [5.41, 5.74) is 2.32. The molecule has 0 saturated heterocycles. The number of nitrogens with one attached hydrogen (secondary N) is 1. The molecule has 1 N–H and O–H groups in total. The molecule has 0 saturated carbocycles. The van der Waals surface area contributed by atoms with Gasteiger partial charge < -0.3 is 5.32 Å². The van der Waals surface area contributed by atoms with E-state index in [9.17, 15) is 0 Å². The van der Waals surface area contributed by atoms with Crippen molar-refractivity contribution in [3.8, 4) is 5.82 Å². The van der Waals surface area contributed by atoms with Crippen LogP contribution in [-0.4, -0.2) is 20.8 Å². The van der Waals surface area contributed by atoms with E-state index in [-0.39, 0.29) is 0 Å². The van der Waals surface area contributed by atoms with Gasteiger partial charge in [-0.25, -0.2) is 9.67 Å². The van der Waals surface area contributed by atoms with Gasteiger partial charge in [0.15, 0.2) is 5.82 Å². The Bertz CT molecular complexity index is 470. The van der Waals surface area contributed by atoms with Gasteiger partial charge in [-0.05, 0) is 24.1 Å². The van der Waals surface area contributed by atoms with Crippen LogP contribution in [0.15, 0.2) is 30.7 Å². The van der Waals surface area contributed by atoms with E-state index in [0.717, 1.165) is 17.9 Å². The second-order valence-corrected chi connectivity index (χ2v) is 4.52. The van der Waals surface area contributed by atoms with Gasteiger partial charge in [-0.1, -0.05) is 19.9 Å². The molecule has 4 heteroatoms. The highest BCUT2D eigenvalue weighted by molar-refractivity contribution is 5.25. The van der Waals surface area contributed by atoms with Crippen molar-refractivity contribution < 1.29 is 0 Å². The zero-order valence-electron chi connectivity index (χ0n) is 10.5. The third-order valence-corrected chi connectivity index (χ3v) is 2.47. The van der Waals surface area contributed by atoms with Crippen LogP contribution >= 0.6 is 0 Å². The second kappa shape index (κ2) is 5.10. The van der Waals surface area contributed by atoms with E-state index in [1.165, 1.54) is 5.56 Å². The molecule has 0 aromatic carbocycles. The Hall–Kier alpha value is -1.68. The average Bonchev–Trinajstić information content (AvgIpc) is 2.74. The summed E-state index contributed by atoms with van der Waals surface area (Å²) in [6.45, 7) is 7.14. The van der Waals surface area contributed by atoms with E-state index < -0.39 is 0 Å². The van der Waals surface area contributed by atoms with Crippen molar-refractivity contribution >= 4 is 0 Å². The molecule has 0 aliphatic rings. The highest BCUT2D eigenvalue weighted by atomic mass is 15.3. The van der Waals surface area contributed by atoms with Gasteiger partial charge in [-0.15, -0.1) is 0 Å². The quantitative estimate of drug-likeness (QED) is 0.874. The van der Waals surface area contributed by atoms with Crippen LogP contribution in [0.5, 0.6) is 0 Å². The summed E-state index contributed by atoms with van der Waals surface area (Å²) in [5.74, 6) is 0.853. The van der Waals surface area contributed by atoms with Crippen LogP contribution in [-0.2, 0) is 6.54 Å². The van der Waals surface area contributed by atoms with Crippen LogP contribution < -0.4 is 5.32 Å². The first-order valence-electron chi connectivity index (χ1n) is 5.85. The lowest BCUT2D eigenvalue weighted by Crippen LogP contribution is -2.21. The lowest BCUT2D eigenvalue weighted by atomic mass is 10.2. The molecule has 4 nitrogen and oxygen atoms in total. The average molecular weight is 230 g/mol. The monoisotopic (exact) mass is 230 g/mol. The summed E-state index contributed by atoms with van der Waals surface area (Å²) in [5, 5.41) is 7.59. The number of hydrogen-bond acceptors (Lipinski definition) is 3. The van der Waals surface area contributed by atoms with Crippen molar-refractivity contribution in [2.45, 2.75) is 33.4 Å². The number of hydrogen-bond donors (Lipinski definition) is 1. The van der Waals surface area contributed by atoms with Crippen LogP contribution in [0.1, 0.15) is 25.0 Å². The molecule has 2 aromatic rings. The van der Waals surface area contributed by atoms with Crippen molar-refractivity contribution in [2.24, 2.45) is 0 Å². The lowest BCUT2D eigenvalue weighted by molar-refractivity contribution is 0.587. The minimum atomic E-state index is 0.489. The Kier molecular flexibility index (Phi) is 3.54. The molecule has 0 fully saturated rings. The van der Waals surface area contributed by atoms with Crippen molar-refractivity contribution in [1.29, 1.82) is 0 Å². The van der Waals surface area contributed by atoms with Crippen LogP contribution in [0.4, 0.5) is 0 Å². The van der Waals surface area contributed by atoms with E-state index >= 15 is 0 Å². The standard InChI is InChI=1S/C13H18N4/c1-10(2)14-7-12-4-5-13(15-8-12)17-9-11(3)6-16-17/h4-6,8-10,14H,7H2,1-3H3. The van der Waals surface area contributed by atoms with Gasteiger partial charge in [-0.2, -0.15) is 5.10 Å². The molecular formula is C13H18N4. The maximum absolute atomic E-state index is 4.40. The number of nitrogens with zero attached hydrogens (tertiary/aromatic N) is 3. The van der Waals surface area contributed by atoms with E-state index in [1.54, 1.807) is 4.68 Å². The molecule has 0 atom stereocenters. The van der Waals surface area contributed by atoms with E-state index in [4.69, 9.17) is 0 Å². The summed E-state index contributed by atoms with van der Waals surface area (Å²) in [6, 6.07) is 4.56. The van der Waals surface area contributed by atoms with Gasteiger partial charge in [0, 0.05) is 25.0 Å². The number of pyridine rings is 1. The first-order valence-corrected chi connectivity index (χ1v) is 5.85. The van der Waals surface area contributed by atoms with Crippen molar-refractivity contribution in [3.63, 3.8) is 0 Å². The van der Waals surface area contributed by atoms with Crippen LogP contribution in [0.2, 0.25) is 0 Å². The number of aromatic nitrogens is 3. The molecular weight excluding hydrogens is 212 g/mol. The SMILES string of the molecule is Cc1cnn(-c2ccc(CNC(C)C)cn2)c1. The van der Waals surface area contributed by atoms with Crippen molar-refractivity contribution in [3.05, 3.63) is 41.9 Å². The molecule has 0 unspecified atom stereocenters. The normalized spacial score (nSPS) is 11.1. The zero-order chi connectivity index (χ0) is 12.3. The first kappa shape index (κ1) is 11.8. The second-order valence-electron chi connectivity index (χ2n) is 4.52. The zero-order valence-corrected chi connectivity index (χ0v) is 10.5. The van der Waals surface area contributed by atoms with Gasteiger partial charge in [0.2, 0.25) is 0 Å². The molecule has 2 heterocycles. The predicted octanol–water partition coefficient (Wildman–Crippen LogP) is 2.07. The highest BCUT2D eigenvalue weighted by Gasteiger charge is 2.00. The third-order valence-electron chi connectivity index (χ3n) is 2.47. The molecule has 2 aromatic heterocycles. The summed E-state index contributed by atoms with van der Waals surface area (Å²) in [7, 11) is 0.